The van der Waals surface area contributed by atoms with Gasteiger partial charge >= 0.3 is 258 Å². The Hall–Kier alpha value is -2.83. The Kier molecular flexibility index (Phi) is 9.13. The van der Waals surface area contributed by atoms with Gasteiger partial charge in [0.05, 0.1) is 0 Å². The van der Waals surface area contributed by atoms with Gasteiger partial charge in [0.1, 0.15) is 0 Å². The molecule has 0 aliphatic heterocycles. The molecule has 0 nitrogen and oxygen atoms in total. The van der Waals surface area contributed by atoms with Crippen LogP contribution in [0.5, 0.6) is 0 Å². The summed E-state index contributed by atoms with van der Waals surface area (Å²) in [6.45, 7) is 4.76. The van der Waals surface area contributed by atoms with Crippen LogP contribution < -0.4 is 24.8 Å². The van der Waals surface area contributed by atoms with Crippen LogP contribution in [0, 0.1) is 0 Å². The summed E-state index contributed by atoms with van der Waals surface area (Å²) >= 11 is -2.42. The van der Waals surface area contributed by atoms with Crippen molar-refractivity contribution in [2.24, 2.45) is 0 Å². The van der Waals surface area contributed by atoms with E-state index in [1.165, 1.54) is 68.8 Å². The molecule has 2 aliphatic rings. The summed E-state index contributed by atoms with van der Waals surface area (Å²) in [6, 6.07) is 36.9. The van der Waals surface area contributed by atoms with E-state index in [-0.39, 0.29) is 24.8 Å². The SMILES string of the molecule is CCC[C](CCC)=[Zr+2]([C]1=CCc2c1ccc1ccc3ccccc3c21)[C]1=CCc2c1ccc1ccc3ccccc3c21.[Cl-].[Cl-]. The molecule has 0 bridgehead atoms. The second-order valence-electron chi connectivity index (χ2n) is 12.1. The van der Waals surface area contributed by atoms with Crippen molar-refractivity contribution in [2.75, 3.05) is 0 Å². The number of hydrogen-bond acceptors (Lipinski definition) is 0. The van der Waals surface area contributed by atoms with Crippen LogP contribution in [0.25, 0.3) is 49.7 Å². The van der Waals surface area contributed by atoms with Gasteiger partial charge in [0.2, 0.25) is 0 Å². The quantitative estimate of drug-likeness (QED) is 0.211. The molecule has 3 heteroatoms. The minimum Gasteiger partial charge on any atom is -1.00 e. The molecule has 0 heterocycles. The van der Waals surface area contributed by atoms with Crippen LogP contribution in [0.1, 0.15) is 61.8 Å². The largest absolute Gasteiger partial charge is 1.00 e. The van der Waals surface area contributed by atoms with Crippen LogP contribution in [0.4, 0.5) is 0 Å². The molecule has 2 aliphatic carbocycles. The molecular weight excluding hydrogens is 655 g/mol. The van der Waals surface area contributed by atoms with Gasteiger partial charge in [-0.1, -0.05) is 0 Å². The molecule has 0 atom stereocenters. The normalized spacial score (nSPS) is 13.1. The van der Waals surface area contributed by atoms with Crippen LogP contribution in [0.15, 0.2) is 109 Å². The van der Waals surface area contributed by atoms with Gasteiger partial charge in [-0.15, -0.1) is 0 Å². The second-order valence-corrected chi connectivity index (χ2v) is 18.3. The Balaban J connectivity index is 0.00000171. The van der Waals surface area contributed by atoms with E-state index in [1.807, 2.05) is 3.21 Å². The Morgan fingerprint density at radius 1 is 0.523 bits per heavy atom. The van der Waals surface area contributed by atoms with Crippen molar-refractivity contribution < 1.29 is 46.1 Å². The van der Waals surface area contributed by atoms with Gasteiger partial charge in [0.15, 0.2) is 0 Å². The smallest absolute Gasteiger partial charge is 1.00 e. The number of benzene rings is 6. The van der Waals surface area contributed by atoms with Crippen LogP contribution in [-0.4, -0.2) is 3.21 Å². The third-order valence-corrected chi connectivity index (χ3v) is 17.6. The van der Waals surface area contributed by atoms with E-state index in [2.05, 4.69) is 123 Å². The maximum atomic E-state index is 2.67. The van der Waals surface area contributed by atoms with Gasteiger partial charge in [-0.2, -0.15) is 0 Å². The molecule has 0 unspecified atom stereocenters. The fraction of sp³-hybridized carbons (Fsp3) is 0.195. The predicted molar refractivity (Wildman–Crippen MR) is 181 cm³/mol. The summed E-state index contributed by atoms with van der Waals surface area (Å²) in [5.41, 5.74) is 6.23. The summed E-state index contributed by atoms with van der Waals surface area (Å²) in [4.78, 5) is 0. The molecule has 0 saturated carbocycles. The first-order valence-corrected chi connectivity index (χ1v) is 19.5. The molecule has 0 N–H and O–H groups in total. The Morgan fingerprint density at radius 2 is 0.932 bits per heavy atom. The molecule has 0 saturated heterocycles. The number of fused-ring (bicyclic) bond motifs is 10. The van der Waals surface area contributed by atoms with E-state index in [4.69, 9.17) is 0 Å². The summed E-state index contributed by atoms with van der Waals surface area (Å²) in [6.07, 6.45) is 12.5. The van der Waals surface area contributed by atoms with Crippen LogP contribution in [0.3, 0.4) is 0 Å². The van der Waals surface area contributed by atoms with Gasteiger partial charge in [-0.25, -0.2) is 0 Å². The van der Waals surface area contributed by atoms with E-state index in [9.17, 15) is 0 Å². The van der Waals surface area contributed by atoms with Crippen LogP contribution >= 0.6 is 0 Å². The van der Waals surface area contributed by atoms with Crippen molar-refractivity contribution in [2.45, 2.75) is 52.4 Å². The van der Waals surface area contributed by atoms with Crippen LogP contribution in [0.2, 0.25) is 0 Å². The topological polar surface area (TPSA) is 0 Å². The van der Waals surface area contributed by atoms with Crippen molar-refractivity contribution in [1.82, 2.24) is 0 Å². The number of rotatable bonds is 6. The average Bonchev–Trinajstić information content (AvgIpc) is 3.66. The second kappa shape index (κ2) is 12.9. The van der Waals surface area contributed by atoms with E-state index >= 15 is 0 Å². The van der Waals surface area contributed by atoms with Crippen molar-refractivity contribution in [3.63, 3.8) is 0 Å². The number of halogens is 2. The molecule has 6 aromatic carbocycles. The van der Waals surface area contributed by atoms with Gasteiger partial charge < -0.3 is 24.8 Å². The van der Waals surface area contributed by atoms with Gasteiger partial charge in [-0.05, 0) is 0 Å². The molecule has 0 fully saturated rings. The number of allylic oxidation sites excluding steroid dienone is 2. The zero-order valence-electron chi connectivity index (χ0n) is 25.4. The molecular formula is C41H36Cl2Zr. The standard InChI is InChI=1S/2C17H11.C7H14.2ClH.Zr/c2*1-2-6-15-12(4-1)8-10-14-11-9-13-5-3-7-16(13)17(14)15;1-3-5-7-6-4-2;;;/h2*1-4,6,8-11H,7H2;3-6H2,1-2H3;2*1H;/q;;;;;+2/p-2. The fourth-order valence-corrected chi connectivity index (χ4v) is 16.9. The van der Waals surface area contributed by atoms with Crippen molar-refractivity contribution >= 4 is 52.9 Å². The third kappa shape index (κ3) is 4.97. The van der Waals surface area contributed by atoms with Crippen molar-refractivity contribution in [3.8, 4) is 0 Å². The van der Waals surface area contributed by atoms with E-state index in [1.54, 1.807) is 28.8 Å². The maximum absolute atomic E-state index is 2.67. The van der Waals surface area contributed by atoms with Crippen molar-refractivity contribution in [1.29, 1.82) is 0 Å². The molecule has 0 radical (unpaired) electrons. The Morgan fingerprint density at radius 3 is 1.39 bits per heavy atom. The summed E-state index contributed by atoms with van der Waals surface area (Å²) < 4.78 is 5.36. The first kappa shape index (κ1) is 31.2. The van der Waals surface area contributed by atoms with Crippen LogP contribution in [-0.2, 0) is 34.1 Å². The van der Waals surface area contributed by atoms with E-state index in [0.717, 1.165) is 12.8 Å². The van der Waals surface area contributed by atoms with Crippen molar-refractivity contribution in [3.05, 3.63) is 131 Å². The summed E-state index contributed by atoms with van der Waals surface area (Å²) in [7, 11) is 0. The molecule has 0 aromatic heterocycles. The zero-order chi connectivity index (χ0) is 28.2. The molecule has 0 spiro atoms. The minimum atomic E-state index is -2.42. The molecule has 0 amide bonds. The predicted octanol–water partition coefficient (Wildman–Crippen LogP) is 5.19. The Labute approximate surface area is 280 Å². The zero-order valence-corrected chi connectivity index (χ0v) is 29.4. The summed E-state index contributed by atoms with van der Waals surface area (Å²) in [5, 5.41) is 11.2. The molecule has 44 heavy (non-hydrogen) atoms. The van der Waals surface area contributed by atoms with E-state index in [0.29, 0.717) is 0 Å². The van der Waals surface area contributed by atoms with Gasteiger partial charge in [0.25, 0.3) is 0 Å². The number of hydrogen-bond donors (Lipinski definition) is 0. The summed E-state index contributed by atoms with van der Waals surface area (Å²) in [5.74, 6) is 0. The molecule has 218 valence electrons. The monoisotopic (exact) mass is 688 g/mol. The maximum Gasteiger partial charge on any atom is -1.00 e. The van der Waals surface area contributed by atoms with Gasteiger partial charge in [-0.3, -0.25) is 0 Å². The third-order valence-electron chi connectivity index (χ3n) is 9.63. The first-order valence-electron chi connectivity index (χ1n) is 15.8. The fourth-order valence-electron chi connectivity index (χ4n) is 7.88. The molecule has 8 rings (SSSR count). The Bertz CT molecular complexity index is 2010. The van der Waals surface area contributed by atoms with Gasteiger partial charge in [0, 0.05) is 0 Å². The first-order chi connectivity index (χ1) is 20.8. The molecule has 6 aromatic rings. The average molecular weight is 691 g/mol. The van der Waals surface area contributed by atoms with E-state index < -0.39 is 21.3 Å². The minimum absolute atomic E-state index is 0.